The third-order valence-electron chi connectivity index (χ3n) is 2.45. The summed E-state index contributed by atoms with van der Waals surface area (Å²) in [6.45, 7) is 4.23. The first-order chi connectivity index (χ1) is 7.50. The smallest absolute Gasteiger partial charge is 0.261 e. The van der Waals surface area contributed by atoms with Crippen LogP contribution in [0.15, 0.2) is 14.3 Å². The Morgan fingerprint density at radius 1 is 1.62 bits per heavy atom. The second-order valence-corrected chi connectivity index (χ2v) is 7.44. The summed E-state index contributed by atoms with van der Waals surface area (Å²) in [4.78, 5) is 12.5. The second-order valence-electron chi connectivity index (χ2n) is 4.22. The van der Waals surface area contributed by atoms with Crippen molar-refractivity contribution >= 4 is 49.1 Å². The molecule has 2 heterocycles. The van der Waals surface area contributed by atoms with Gasteiger partial charge in [0.1, 0.15) is 0 Å². The fraction of sp³-hybridized carbons (Fsp3) is 0.500. The van der Waals surface area contributed by atoms with Gasteiger partial charge in [0.05, 0.1) is 21.9 Å². The monoisotopic (exact) mass is 367 g/mol. The van der Waals surface area contributed by atoms with Gasteiger partial charge in [0.25, 0.3) is 5.91 Å². The number of hydrogen-bond acceptors (Lipinski definition) is 3. The lowest BCUT2D eigenvalue weighted by Gasteiger charge is -2.37. The van der Waals surface area contributed by atoms with Crippen molar-refractivity contribution in [2.24, 2.45) is 5.41 Å². The number of hydrogen-bond donors (Lipinski definition) is 1. The molecule has 0 spiro atoms. The maximum Gasteiger partial charge on any atom is 0.261 e. The third kappa shape index (κ3) is 2.67. The third-order valence-corrected chi connectivity index (χ3v) is 5.70. The van der Waals surface area contributed by atoms with E-state index in [1.807, 2.05) is 6.07 Å². The first-order valence-electron chi connectivity index (χ1n) is 4.81. The van der Waals surface area contributed by atoms with Crippen molar-refractivity contribution in [3.63, 3.8) is 0 Å². The fourth-order valence-electron chi connectivity index (χ4n) is 1.39. The van der Waals surface area contributed by atoms with Crippen LogP contribution in [-0.2, 0) is 4.74 Å². The van der Waals surface area contributed by atoms with Gasteiger partial charge in [0.15, 0.2) is 0 Å². The minimum atomic E-state index is -0.0236. The summed E-state index contributed by atoms with van der Waals surface area (Å²) < 4.78 is 6.99. The molecule has 1 aromatic rings. The minimum absolute atomic E-state index is 0.0236. The Balaban J connectivity index is 1.93. The Hall–Kier alpha value is 0.0900. The van der Waals surface area contributed by atoms with Crippen LogP contribution in [0.2, 0.25) is 0 Å². The molecule has 0 aromatic carbocycles. The van der Waals surface area contributed by atoms with Crippen LogP contribution < -0.4 is 5.32 Å². The highest BCUT2D eigenvalue weighted by molar-refractivity contribution is 9.13. The molecule has 0 saturated carbocycles. The van der Waals surface area contributed by atoms with Crippen LogP contribution in [0.1, 0.15) is 16.6 Å². The number of thiophene rings is 1. The van der Waals surface area contributed by atoms with E-state index in [2.05, 4.69) is 44.1 Å². The van der Waals surface area contributed by atoms with E-state index in [-0.39, 0.29) is 11.3 Å². The molecule has 1 aromatic heterocycles. The van der Waals surface area contributed by atoms with Gasteiger partial charge in [-0.25, -0.2) is 0 Å². The van der Waals surface area contributed by atoms with Crippen LogP contribution in [0.3, 0.4) is 0 Å². The average Bonchev–Trinajstić information content (AvgIpc) is 2.53. The first kappa shape index (κ1) is 12.5. The molecule has 0 aliphatic carbocycles. The Morgan fingerprint density at radius 3 is 2.75 bits per heavy atom. The molecule has 0 radical (unpaired) electrons. The van der Waals surface area contributed by atoms with E-state index >= 15 is 0 Å². The zero-order valence-electron chi connectivity index (χ0n) is 8.68. The number of carbonyl (C=O) groups is 1. The van der Waals surface area contributed by atoms with E-state index in [1.54, 1.807) is 0 Å². The van der Waals surface area contributed by atoms with Crippen molar-refractivity contribution in [3.05, 3.63) is 19.2 Å². The molecule has 16 heavy (non-hydrogen) atoms. The van der Waals surface area contributed by atoms with Crippen LogP contribution in [0, 0.1) is 5.41 Å². The normalized spacial score (nSPS) is 17.9. The molecule has 88 valence electrons. The van der Waals surface area contributed by atoms with E-state index in [9.17, 15) is 4.79 Å². The summed E-state index contributed by atoms with van der Waals surface area (Å²) in [7, 11) is 0. The predicted molar refractivity (Wildman–Crippen MR) is 71.0 cm³/mol. The molecular formula is C10H11Br2NO2S. The second kappa shape index (κ2) is 4.76. The number of carbonyl (C=O) groups excluding carboxylic acids is 1. The van der Waals surface area contributed by atoms with Gasteiger partial charge in [-0.05, 0) is 37.9 Å². The quantitative estimate of drug-likeness (QED) is 0.890. The van der Waals surface area contributed by atoms with Crippen molar-refractivity contribution in [1.29, 1.82) is 0 Å². The molecular weight excluding hydrogens is 358 g/mol. The van der Waals surface area contributed by atoms with Gasteiger partial charge < -0.3 is 10.1 Å². The van der Waals surface area contributed by atoms with Crippen molar-refractivity contribution < 1.29 is 9.53 Å². The van der Waals surface area contributed by atoms with Crippen molar-refractivity contribution in [2.45, 2.75) is 6.92 Å². The largest absolute Gasteiger partial charge is 0.380 e. The minimum Gasteiger partial charge on any atom is -0.380 e. The lowest BCUT2D eigenvalue weighted by molar-refractivity contribution is -0.0978. The van der Waals surface area contributed by atoms with Crippen molar-refractivity contribution in [1.82, 2.24) is 5.32 Å². The van der Waals surface area contributed by atoms with Crippen LogP contribution >= 0.6 is 43.2 Å². The Kier molecular flexibility index (Phi) is 3.73. The number of amides is 1. The lowest BCUT2D eigenvalue weighted by Crippen LogP contribution is -2.48. The Labute approximate surface area is 115 Å². The van der Waals surface area contributed by atoms with E-state index in [4.69, 9.17) is 4.74 Å². The number of ether oxygens (including phenoxy) is 1. The van der Waals surface area contributed by atoms with E-state index in [0.29, 0.717) is 11.4 Å². The van der Waals surface area contributed by atoms with Crippen LogP contribution in [0.25, 0.3) is 0 Å². The topological polar surface area (TPSA) is 38.3 Å². The van der Waals surface area contributed by atoms with Crippen LogP contribution in [-0.4, -0.2) is 25.7 Å². The summed E-state index contributed by atoms with van der Waals surface area (Å²) in [6, 6.07) is 1.82. The summed E-state index contributed by atoms with van der Waals surface area (Å²) in [5.41, 5.74) is 0.112. The number of rotatable bonds is 3. The summed E-state index contributed by atoms with van der Waals surface area (Å²) in [6.07, 6.45) is 0. The van der Waals surface area contributed by atoms with E-state index in [1.165, 1.54) is 11.3 Å². The van der Waals surface area contributed by atoms with Gasteiger partial charge >= 0.3 is 0 Å². The molecule has 1 aliphatic heterocycles. The molecule has 6 heteroatoms. The maximum absolute atomic E-state index is 11.8. The number of nitrogens with one attached hydrogen (secondary N) is 1. The first-order valence-corrected chi connectivity index (χ1v) is 7.21. The van der Waals surface area contributed by atoms with Crippen molar-refractivity contribution in [2.75, 3.05) is 19.8 Å². The summed E-state index contributed by atoms with van der Waals surface area (Å²) in [5, 5.41) is 2.93. The standard InChI is InChI=1S/C10H11Br2NO2S/c1-10(4-15-5-10)3-13-9(14)7-2-6(11)8(12)16-7/h2H,3-5H2,1H3,(H,13,14). The fourth-order valence-corrected chi connectivity index (χ4v) is 3.34. The maximum atomic E-state index is 11.8. The predicted octanol–water partition coefficient (Wildman–Crippen LogP) is 3.04. The lowest BCUT2D eigenvalue weighted by atomic mass is 9.89. The van der Waals surface area contributed by atoms with Crippen LogP contribution in [0.5, 0.6) is 0 Å². The molecule has 2 rings (SSSR count). The highest BCUT2D eigenvalue weighted by Crippen LogP contribution is 2.32. The van der Waals surface area contributed by atoms with Gasteiger partial charge in [-0.15, -0.1) is 11.3 Å². The molecule has 0 atom stereocenters. The Bertz CT molecular complexity index is 395. The van der Waals surface area contributed by atoms with E-state index in [0.717, 1.165) is 21.5 Å². The summed E-state index contributed by atoms with van der Waals surface area (Å²) in [5.74, 6) is -0.0236. The molecule has 1 aliphatic rings. The van der Waals surface area contributed by atoms with E-state index < -0.39 is 0 Å². The summed E-state index contributed by atoms with van der Waals surface area (Å²) >= 11 is 8.16. The van der Waals surface area contributed by atoms with Gasteiger partial charge in [0.2, 0.25) is 0 Å². The molecule has 1 fully saturated rings. The average molecular weight is 369 g/mol. The molecule has 0 bridgehead atoms. The zero-order valence-corrected chi connectivity index (χ0v) is 12.7. The van der Waals surface area contributed by atoms with Gasteiger partial charge in [-0.2, -0.15) is 0 Å². The molecule has 1 amide bonds. The molecule has 1 saturated heterocycles. The van der Waals surface area contributed by atoms with Gasteiger partial charge in [-0.3, -0.25) is 4.79 Å². The van der Waals surface area contributed by atoms with Gasteiger partial charge in [-0.1, -0.05) is 6.92 Å². The number of halogens is 2. The molecule has 0 unspecified atom stereocenters. The highest BCUT2D eigenvalue weighted by Gasteiger charge is 2.33. The van der Waals surface area contributed by atoms with Crippen LogP contribution in [0.4, 0.5) is 0 Å². The van der Waals surface area contributed by atoms with Crippen molar-refractivity contribution in [3.8, 4) is 0 Å². The molecule has 1 N–H and O–H groups in total. The molecule has 3 nitrogen and oxygen atoms in total. The Morgan fingerprint density at radius 2 is 2.31 bits per heavy atom. The van der Waals surface area contributed by atoms with Gasteiger partial charge in [0, 0.05) is 16.4 Å². The zero-order chi connectivity index (χ0) is 11.8. The SMILES string of the molecule is CC1(CNC(=O)c2cc(Br)c(Br)s2)COC1. The highest BCUT2D eigenvalue weighted by atomic mass is 79.9.